The number of ether oxygens (including phenoxy) is 2. The Bertz CT molecular complexity index is 755. The summed E-state index contributed by atoms with van der Waals surface area (Å²) in [7, 11) is 1.65. The second-order valence-corrected chi connectivity index (χ2v) is 6.70. The number of methoxy groups -OCH3 is 1. The fraction of sp³-hybridized carbons (Fsp3) is 0.455. The molecule has 0 bridgehead atoms. The van der Waals surface area contributed by atoms with Crippen molar-refractivity contribution in [3.63, 3.8) is 0 Å². The summed E-state index contributed by atoms with van der Waals surface area (Å²) in [4.78, 5) is 9.01. The van der Waals surface area contributed by atoms with Gasteiger partial charge in [-0.25, -0.2) is 9.98 Å². The summed E-state index contributed by atoms with van der Waals surface area (Å²) in [6.45, 7) is 9.49. The normalized spacial score (nSPS) is 12.1. The zero-order chi connectivity index (χ0) is 20.2. The number of nitrogens with zero attached hydrogens (tertiary/aromatic N) is 2. The SMILES string of the molecule is CCNC(=NCc1cccnc1OCCOC)NCC(C)c1cccc(C)c1.I. The summed E-state index contributed by atoms with van der Waals surface area (Å²) < 4.78 is 10.7. The molecule has 0 amide bonds. The van der Waals surface area contributed by atoms with Gasteiger partial charge in [0.25, 0.3) is 0 Å². The molecule has 1 unspecified atom stereocenters. The van der Waals surface area contributed by atoms with Crippen molar-refractivity contribution in [1.82, 2.24) is 15.6 Å². The smallest absolute Gasteiger partial charge is 0.218 e. The minimum absolute atomic E-state index is 0. The van der Waals surface area contributed by atoms with Crippen LogP contribution >= 0.6 is 24.0 Å². The summed E-state index contributed by atoms with van der Waals surface area (Å²) in [6.07, 6.45) is 1.72. The van der Waals surface area contributed by atoms with Gasteiger partial charge in [0, 0.05) is 32.0 Å². The van der Waals surface area contributed by atoms with Gasteiger partial charge < -0.3 is 20.1 Å². The monoisotopic (exact) mass is 512 g/mol. The molecule has 160 valence electrons. The molecule has 0 aliphatic rings. The number of rotatable bonds is 10. The molecule has 2 rings (SSSR count). The Kier molecular flexibility index (Phi) is 12.3. The molecular weight excluding hydrogens is 479 g/mol. The minimum Gasteiger partial charge on any atom is -0.475 e. The first-order valence-electron chi connectivity index (χ1n) is 9.78. The number of aliphatic imine (C=N–C) groups is 1. The first kappa shape index (κ1) is 25.2. The standard InChI is InChI=1S/C22H32N4O2.HI/c1-5-23-22(25-15-18(3)19-9-6-8-17(2)14-19)26-16-20-10-7-11-24-21(20)28-13-12-27-4;/h6-11,14,18H,5,12-13,15-16H2,1-4H3,(H2,23,25,26);1H. The lowest BCUT2D eigenvalue weighted by atomic mass is 9.99. The third-order valence-electron chi connectivity index (χ3n) is 4.31. The fourth-order valence-electron chi connectivity index (χ4n) is 2.75. The molecule has 29 heavy (non-hydrogen) atoms. The third-order valence-corrected chi connectivity index (χ3v) is 4.31. The van der Waals surface area contributed by atoms with Gasteiger partial charge in [-0.15, -0.1) is 24.0 Å². The highest BCUT2D eigenvalue weighted by atomic mass is 127. The van der Waals surface area contributed by atoms with Gasteiger partial charge in [-0.1, -0.05) is 42.8 Å². The largest absolute Gasteiger partial charge is 0.475 e. The van der Waals surface area contributed by atoms with Crippen molar-refractivity contribution in [2.45, 2.75) is 33.2 Å². The first-order chi connectivity index (χ1) is 13.6. The van der Waals surface area contributed by atoms with Crippen molar-refractivity contribution in [3.05, 3.63) is 59.3 Å². The van der Waals surface area contributed by atoms with Crippen LogP contribution < -0.4 is 15.4 Å². The Morgan fingerprint density at radius 1 is 1.17 bits per heavy atom. The molecular formula is C22H33IN4O2. The average Bonchev–Trinajstić information content (AvgIpc) is 2.71. The number of aromatic nitrogens is 1. The lowest BCUT2D eigenvalue weighted by Gasteiger charge is -2.17. The van der Waals surface area contributed by atoms with Crippen LogP contribution in [0.3, 0.4) is 0 Å². The molecule has 1 heterocycles. The number of hydrogen-bond acceptors (Lipinski definition) is 4. The molecule has 1 aromatic heterocycles. The zero-order valence-electron chi connectivity index (χ0n) is 17.8. The number of pyridine rings is 1. The van der Waals surface area contributed by atoms with Gasteiger partial charge >= 0.3 is 0 Å². The maximum absolute atomic E-state index is 5.69. The molecule has 0 radical (unpaired) electrons. The molecule has 2 N–H and O–H groups in total. The number of aryl methyl sites for hydroxylation is 1. The van der Waals surface area contributed by atoms with E-state index < -0.39 is 0 Å². The molecule has 0 saturated heterocycles. The van der Waals surface area contributed by atoms with Crippen molar-refractivity contribution < 1.29 is 9.47 Å². The van der Waals surface area contributed by atoms with E-state index in [1.807, 2.05) is 12.1 Å². The maximum Gasteiger partial charge on any atom is 0.218 e. The van der Waals surface area contributed by atoms with Crippen LogP contribution in [0, 0.1) is 6.92 Å². The molecule has 0 aliphatic heterocycles. The van der Waals surface area contributed by atoms with E-state index in [9.17, 15) is 0 Å². The quantitative estimate of drug-likeness (QED) is 0.219. The van der Waals surface area contributed by atoms with Crippen LogP contribution in [-0.2, 0) is 11.3 Å². The molecule has 1 atom stereocenters. The topological polar surface area (TPSA) is 67.8 Å². The van der Waals surface area contributed by atoms with E-state index in [-0.39, 0.29) is 24.0 Å². The van der Waals surface area contributed by atoms with E-state index in [1.54, 1.807) is 13.3 Å². The number of halogens is 1. The summed E-state index contributed by atoms with van der Waals surface area (Å²) in [6, 6.07) is 12.5. The van der Waals surface area contributed by atoms with Gasteiger partial charge in [-0.2, -0.15) is 0 Å². The van der Waals surface area contributed by atoms with E-state index in [0.717, 1.165) is 24.6 Å². The van der Waals surface area contributed by atoms with Gasteiger partial charge in [0.15, 0.2) is 5.96 Å². The predicted octanol–water partition coefficient (Wildman–Crippen LogP) is 3.89. The van der Waals surface area contributed by atoms with Crippen LogP contribution in [0.1, 0.15) is 36.5 Å². The second-order valence-electron chi connectivity index (χ2n) is 6.70. The van der Waals surface area contributed by atoms with Gasteiger partial charge in [0.1, 0.15) is 6.61 Å². The van der Waals surface area contributed by atoms with Crippen LogP contribution in [-0.4, -0.2) is 44.4 Å². The maximum atomic E-state index is 5.69. The van der Waals surface area contributed by atoms with Crippen molar-refractivity contribution >= 4 is 29.9 Å². The highest BCUT2D eigenvalue weighted by Crippen LogP contribution is 2.16. The number of nitrogens with one attached hydrogen (secondary N) is 2. The van der Waals surface area contributed by atoms with E-state index in [0.29, 0.717) is 31.6 Å². The Hall–Kier alpha value is -1.87. The highest BCUT2D eigenvalue weighted by Gasteiger charge is 2.08. The number of benzene rings is 1. The molecule has 0 saturated carbocycles. The lowest BCUT2D eigenvalue weighted by molar-refractivity contribution is 0.143. The first-order valence-corrected chi connectivity index (χ1v) is 9.78. The van der Waals surface area contributed by atoms with Crippen molar-refractivity contribution in [3.8, 4) is 5.88 Å². The average molecular weight is 512 g/mol. The summed E-state index contributed by atoms with van der Waals surface area (Å²) in [5.74, 6) is 1.77. The zero-order valence-corrected chi connectivity index (χ0v) is 20.1. The Labute approximate surface area is 191 Å². The number of guanidine groups is 1. The molecule has 6 nitrogen and oxygen atoms in total. The molecule has 0 fully saturated rings. The lowest BCUT2D eigenvalue weighted by Crippen LogP contribution is -2.39. The van der Waals surface area contributed by atoms with Crippen LogP contribution in [0.4, 0.5) is 0 Å². The van der Waals surface area contributed by atoms with Gasteiger partial charge in [0.05, 0.1) is 13.2 Å². The van der Waals surface area contributed by atoms with Crippen LogP contribution in [0.5, 0.6) is 5.88 Å². The second kappa shape index (κ2) is 14.2. The van der Waals surface area contributed by atoms with E-state index >= 15 is 0 Å². The molecule has 2 aromatic rings. The Morgan fingerprint density at radius 3 is 2.72 bits per heavy atom. The fourth-order valence-corrected chi connectivity index (χ4v) is 2.75. The van der Waals surface area contributed by atoms with Crippen LogP contribution in [0.2, 0.25) is 0 Å². The van der Waals surface area contributed by atoms with E-state index in [1.165, 1.54) is 11.1 Å². The van der Waals surface area contributed by atoms with E-state index in [2.05, 4.69) is 60.7 Å². The molecule has 0 aliphatic carbocycles. The van der Waals surface area contributed by atoms with Gasteiger partial charge in [-0.3, -0.25) is 0 Å². The van der Waals surface area contributed by atoms with Crippen molar-refractivity contribution in [2.75, 3.05) is 33.4 Å². The summed E-state index contributed by atoms with van der Waals surface area (Å²) >= 11 is 0. The predicted molar refractivity (Wildman–Crippen MR) is 129 cm³/mol. The number of hydrogen-bond donors (Lipinski definition) is 2. The molecule has 1 aromatic carbocycles. The van der Waals surface area contributed by atoms with E-state index in [4.69, 9.17) is 14.5 Å². The highest BCUT2D eigenvalue weighted by molar-refractivity contribution is 14.0. The summed E-state index contributed by atoms with van der Waals surface area (Å²) in [5, 5.41) is 6.74. The van der Waals surface area contributed by atoms with Crippen LogP contribution in [0.15, 0.2) is 47.6 Å². The van der Waals surface area contributed by atoms with Crippen molar-refractivity contribution in [2.24, 2.45) is 4.99 Å². The Morgan fingerprint density at radius 2 is 2.00 bits per heavy atom. The van der Waals surface area contributed by atoms with Crippen LogP contribution in [0.25, 0.3) is 0 Å². The minimum atomic E-state index is 0. The Balaban J connectivity index is 0.00000420. The molecule has 0 spiro atoms. The summed E-state index contributed by atoms with van der Waals surface area (Å²) in [5.41, 5.74) is 3.55. The van der Waals surface area contributed by atoms with Gasteiger partial charge in [-0.05, 0) is 31.4 Å². The van der Waals surface area contributed by atoms with Crippen molar-refractivity contribution in [1.29, 1.82) is 0 Å². The van der Waals surface area contributed by atoms with Gasteiger partial charge in [0.2, 0.25) is 5.88 Å². The molecule has 7 heteroatoms. The third kappa shape index (κ3) is 8.99.